The molecule has 4 atom stereocenters. The standard InChI is InChI=1S/C18H26N6O9/c1-8(18(32)33)22-17(31)12(4-9-6-20-7-21-9)24-16(30)11(2-3-13(25)26)23-15(29)10(19)5-14(27)28/h6-8,10-12H,2-5,19H2,1H3,(H,20,21)(H,22,31)(H,23,29)(H,24,30)(H,25,26)(H,27,28)(H,32,33). The Bertz CT molecular complexity index is 873. The zero-order valence-corrected chi connectivity index (χ0v) is 17.6. The lowest BCUT2D eigenvalue weighted by Gasteiger charge is -2.24. The monoisotopic (exact) mass is 470 g/mol. The first-order valence-corrected chi connectivity index (χ1v) is 9.71. The van der Waals surface area contributed by atoms with Crippen molar-refractivity contribution in [3.05, 3.63) is 18.2 Å². The van der Waals surface area contributed by atoms with E-state index in [4.69, 9.17) is 21.1 Å². The molecule has 15 heteroatoms. The highest BCUT2D eigenvalue weighted by Gasteiger charge is 2.30. The van der Waals surface area contributed by atoms with Gasteiger partial charge in [0.2, 0.25) is 17.7 Å². The summed E-state index contributed by atoms with van der Waals surface area (Å²) in [6, 6.07) is -5.53. The molecule has 4 unspecified atom stereocenters. The highest BCUT2D eigenvalue weighted by Crippen LogP contribution is 2.04. The fraction of sp³-hybridized carbons (Fsp3) is 0.500. The van der Waals surface area contributed by atoms with Gasteiger partial charge in [-0.1, -0.05) is 0 Å². The SMILES string of the molecule is CC(NC(=O)C(Cc1cnc[nH]1)NC(=O)C(CCC(=O)O)NC(=O)C(N)CC(=O)O)C(=O)O. The van der Waals surface area contributed by atoms with Gasteiger partial charge in [0.1, 0.15) is 18.1 Å². The second-order valence-corrected chi connectivity index (χ2v) is 7.11. The fourth-order valence-electron chi connectivity index (χ4n) is 2.57. The molecule has 0 aliphatic carbocycles. The molecule has 33 heavy (non-hydrogen) atoms. The number of carbonyl (C=O) groups is 6. The molecule has 9 N–H and O–H groups in total. The summed E-state index contributed by atoms with van der Waals surface area (Å²) in [6.07, 6.45) is 0.947. The van der Waals surface area contributed by atoms with Crippen LogP contribution in [-0.2, 0) is 35.2 Å². The molecular weight excluding hydrogens is 444 g/mol. The van der Waals surface area contributed by atoms with E-state index in [-0.39, 0.29) is 12.8 Å². The maximum Gasteiger partial charge on any atom is 0.325 e. The number of amides is 3. The average Bonchev–Trinajstić information content (AvgIpc) is 3.22. The number of carbonyl (C=O) groups excluding carboxylic acids is 3. The molecule has 0 saturated carbocycles. The first-order chi connectivity index (χ1) is 15.4. The van der Waals surface area contributed by atoms with E-state index in [9.17, 15) is 28.8 Å². The lowest BCUT2D eigenvalue weighted by atomic mass is 10.1. The molecule has 0 saturated heterocycles. The normalized spacial score (nSPS) is 14.2. The van der Waals surface area contributed by atoms with Crippen molar-refractivity contribution >= 4 is 35.6 Å². The van der Waals surface area contributed by atoms with Crippen molar-refractivity contribution < 1.29 is 44.1 Å². The summed E-state index contributed by atoms with van der Waals surface area (Å²) in [5, 5.41) is 33.4. The molecule has 1 heterocycles. The van der Waals surface area contributed by atoms with E-state index in [1.165, 1.54) is 19.4 Å². The summed E-state index contributed by atoms with van der Waals surface area (Å²) < 4.78 is 0. The van der Waals surface area contributed by atoms with Crippen molar-refractivity contribution in [1.29, 1.82) is 0 Å². The molecule has 0 spiro atoms. The number of hydrogen-bond acceptors (Lipinski definition) is 8. The molecule has 182 valence electrons. The Morgan fingerprint density at radius 2 is 1.58 bits per heavy atom. The van der Waals surface area contributed by atoms with Gasteiger partial charge in [-0.15, -0.1) is 0 Å². The number of carboxylic acids is 3. The van der Waals surface area contributed by atoms with E-state index in [2.05, 4.69) is 25.9 Å². The van der Waals surface area contributed by atoms with Crippen molar-refractivity contribution in [3.63, 3.8) is 0 Å². The third kappa shape index (κ3) is 9.77. The number of aromatic amines is 1. The zero-order chi connectivity index (χ0) is 25.1. The van der Waals surface area contributed by atoms with Crippen LogP contribution < -0.4 is 21.7 Å². The number of aliphatic carboxylic acids is 3. The van der Waals surface area contributed by atoms with Crippen LogP contribution in [0.15, 0.2) is 12.5 Å². The van der Waals surface area contributed by atoms with Crippen LogP contribution in [0.2, 0.25) is 0 Å². The van der Waals surface area contributed by atoms with Gasteiger partial charge in [0.15, 0.2) is 0 Å². The minimum absolute atomic E-state index is 0.123. The minimum atomic E-state index is -1.50. The van der Waals surface area contributed by atoms with Crippen LogP contribution in [0.4, 0.5) is 0 Å². The second-order valence-electron chi connectivity index (χ2n) is 7.11. The molecular formula is C18H26N6O9. The molecule has 1 rings (SSSR count). The number of hydrogen-bond donors (Lipinski definition) is 8. The summed E-state index contributed by atoms with van der Waals surface area (Å²) in [5.74, 6) is -6.73. The van der Waals surface area contributed by atoms with E-state index in [1.807, 2.05) is 0 Å². The maximum absolute atomic E-state index is 12.8. The van der Waals surface area contributed by atoms with Gasteiger partial charge in [-0.05, 0) is 13.3 Å². The van der Waals surface area contributed by atoms with Crippen molar-refractivity contribution in [2.45, 2.75) is 56.8 Å². The fourth-order valence-corrected chi connectivity index (χ4v) is 2.57. The van der Waals surface area contributed by atoms with Gasteiger partial charge in [0, 0.05) is 24.7 Å². The van der Waals surface area contributed by atoms with Crippen LogP contribution in [0.5, 0.6) is 0 Å². The number of H-pyrrole nitrogens is 1. The molecule has 15 nitrogen and oxygen atoms in total. The predicted molar refractivity (Wildman–Crippen MR) is 108 cm³/mol. The number of nitrogens with zero attached hydrogens (tertiary/aromatic N) is 1. The van der Waals surface area contributed by atoms with Crippen LogP contribution in [0.25, 0.3) is 0 Å². The van der Waals surface area contributed by atoms with Gasteiger partial charge in [0.05, 0.1) is 18.8 Å². The Kier molecular flexibility index (Phi) is 10.4. The number of carboxylic acid groups (broad SMARTS) is 3. The van der Waals surface area contributed by atoms with E-state index in [0.717, 1.165) is 0 Å². The van der Waals surface area contributed by atoms with Gasteiger partial charge < -0.3 is 42.0 Å². The summed E-state index contributed by atoms with van der Waals surface area (Å²) in [5.41, 5.74) is 5.90. The molecule has 1 aromatic rings. The van der Waals surface area contributed by atoms with Crippen molar-refractivity contribution in [2.75, 3.05) is 0 Å². The first-order valence-electron chi connectivity index (χ1n) is 9.71. The zero-order valence-electron chi connectivity index (χ0n) is 17.6. The highest BCUT2D eigenvalue weighted by atomic mass is 16.4. The lowest BCUT2D eigenvalue weighted by molar-refractivity contribution is -0.141. The number of nitrogens with two attached hydrogens (primary N) is 1. The van der Waals surface area contributed by atoms with Gasteiger partial charge >= 0.3 is 17.9 Å². The first kappa shape index (κ1) is 27.0. The molecule has 1 aromatic heterocycles. The summed E-state index contributed by atoms with van der Waals surface area (Å²) >= 11 is 0. The third-order valence-corrected chi connectivity index (χ3v) is 4.35. The van der Waals surface area contributed by atoms with Gasteiger partial charge in [0.25, 0.3) is 0 Å². The predicted octanol–water partition coefficient (Wildman–Crippen LogP) is -2.82. The van der Waals surface area contributed by atoms with Crippen molar-refractivity contribution in [1.82, 2.24) is 25.9 Å². The van der Waals surface area contributed by atoms with Crippen LogP contribution in [-0.4, -0.2) is 85.1 Å². The number of rotatable bonds is 14. The van der Waals surface area contributed by atoms with E-state index >= 15 is 0 Å². The number of aromatic nitrogens is 2. The van der Waals surface area contributed by atoms with Crippen LogP contribution in [0.3, 0.4) is 0 Å². The van der Waals surface area contributed by atoms with Crippen molar-refractivity contribution in [2.24, 2.45) is 5.73 Å². The van der Waals surface area contributed by atoms with E-state index in [0.29, 0.717) is 5.69 Å². The van der Waals surface area contributed by atoms with Gasteiger partial charge in [-0.2, -0.15) is 0 Å². The largest absolute Gasteiger partial charge is 0.481 e. The molecule has 0 aliphatic heterocycles. The summed E-state index contributed by atoms with van der Waals surface area (Å²) in [6.45, 7) is 1.22. The molecule has 0 bridgehead atoms. The van der Waals surface area contributed by atoms with Crippen LogP contribution >= 0.6 is 0 Å². The second kappa shape index (κ2) is 12.7. The Balaban J connectivity index is 3.02. The summed E-state index contributed by atoms with van der Waals surface area (Å²) in [4.78, 5) is 76.8. The Labute approximate surface area is 187 Å². The minimum Gasteiger partial charge on any atom is -0.481 e. The Morgan fingerprint density at radius 1 is 0.970 bits per heavy atom. The Hall–Kier alpha value is -4.01. The molecule has 0 fully saturated rings. The maximum atomic E-state index is 12.8. The number of nitrogens with one attached hydrogen (secondary N) is 4. The van der Waals surface area contributed by atoms with Crippen LogP contribution in [0, 0.1) is 0 Å². The summed E-state index contributed by atoms with van der Waals surface area (Å²) in [7, 11) is 0. The highest BCUT2D eigenvalue weighted by molar-refractivity contribution is 5.95. The van der Waals surface area contributed by atoms with Gasteiger partial charge in [-0.25, -0.2) is 4.98 Å². The van der Waals surface area contributed by atoms with Gasteiger partial charge in [-0.3, -0.25) is 28.8 Å². The van der Waals surface area contributed by atoms with E-state index in [1.54, 1.807) is 0 Å². The number of imidazole rings is 1. The molecule has 0 aliphatic rings. The smallest absolute Gasteiger partial charge is 0.325 e. The lowest BCUT2D eigenvalue weighted by Crippen LogP contribution is -2.57. The third-order valence-electron chi connectivity index (χ3n) is 4.35. The van der Waals surface area contributed by atoms with E-state index < -0.39 is 72.6 Å². The topological polar surface area (TPSA) is 254 Å². The average molecular weight is 470 g/mol. The molecule has 0 aromatic carbocycles. The quantitative estimate of drug-likeness (QED) is 0.137. The van der Waals surface area contributed by atoms with Crippen LogP contribution in [0.1, 0.15) is 31.9 Å². The Morgan fingerprint density at radius 3 is 2.09 bits per heavy atom. The van der Waals surface area contributed by atoms with Crippen molar-refractivity contribution in [3.8, 4) is 0 Å². The molecule has 3 amide bonds. The molecule has 0 radical (unpaired) electrons.